The van der Waals surface area contributed by atoms with Gasteiger partial charge in [0.2, 0.25) is 0 Å². The van der Waals surface area contributed by atoms with Crippen molar-refractivity contribution >= 4 is 23.2 Å². The normalized spacial score (nSPS) is 9.36. The average Bonchev–Trinajstić information content (AvgIpc) is 2.18. The van der Waals surface area contributed by atoms with Crippen LogP contribution in [0.15, 0.2) is 12.1 Å². The van der Waals surface area contributed by atoms with Crippen molar-refractivity contribution in [3.8, 4) is 11.8 Å². The van der Waals surface area contributed by atoms with Crippen molar-refractivity contribution in [1.82, 2.24) is 0 Å². The minimum absolute atomic E-state index is 0.0267. The van der Waals surface area contributed by atoms with E-state index in [9.17, 15) is 0 Å². The minimum atomic E-state index is 0.0267. The summed E-state index contributed by atoms with van der Waals surface area (Å²) in [6.07, 6.45) is 0.403. The molecule has 0 fully saturated rings. The summed E-state index contributed by atoms with van der Waals surface area (Å²) in [5.41, 5.74) is 0.549. The third kappa shape index (κ3) is 2.52. The lowest BCUT2D eigenvalue weighted by Crippen LogP contribution is -2.48. The smallest absolute Gasteiger partial charge is 0.323 e. The molecular formula is C9H9Cl2N2O+. The fourth-order valence-corrected chi connectivity index (χ4v) is 1.14. The Morgan fingerprint density at radius 2 is 2.14 bits per heavy atom. The minimum Gasteiger partial charge on any atom is -0.395 e. The van der Waals surface area contributed by atoms with Crippen LogP contribution >= 0.6 is 23.2 Å². The van der Waals surface area contributed by atoms with Crippen molar-refractivity contribution < 1.29 is 9.78 Å². The largest absolute Gasteiger partial charge is 0.395 e. The number of nitrogen functional groups attached to an aromatic ring is 1. The second-order valence-electron chi connectivity index (χ2n) is 2.50. The molecule has 0 aliphatic rings. The predicted octanol–water partition coefficient (Wildman–Crippen LogP) is 0.729. The molecule has 0 spiro atoms. The van der Waals surface area contributed by atoms with Crippen molar-refractivity contribution in [2.75, 3.05) is 12.4 Å². The highest BCUT2D eigenvalue weighted by Gasteiger charge is 2.14. The van der Waals surface area contributed by atoms with Crippen LogP contribution < -0.4 is 10.5 Å². The van der Waals surface area contributed by atoms with Crippen molar-refractivity contribution in [3.63, 3.8) is 0 Å². The number of nitrogens with zero attached hydrogens (tertiary/aromatic N) is 1. The van der Waals surface area contributed by atoms with E-state index < -0.39 is 0 Å². The van der Waals surface area contributed by atoms with Gasteiger partial charge in [-0.3, -0.25) is 0 Å². The quantitative estimate of drug-likeness (QED) is 0.324. The third-order valence-electron chi connectivity index (χ3n) is 1.51. The van der Waals surface area contributed by atoms with Crippen LogP contribution in [0.2, 0.25) is 10.2 Å². The second kappa shape index (κ2) is 5.06. The van der Waals surface area contributed by atoms with E-state index in [0.29, 0.717) is 17.1 Å². The first-order chi connectivity index (χ1) is 6.66. The number of pyridine rings is 1. The molecule has 1 rings (SSSR count). The van der Waals surface area contributed by atoms with E-state index in [0.717, 1.165) is 0 Å². The van der Waals surface area contributed by atoms with Gasteiger partial charge < -0.3 is 5.11 Å². The lowest BCUT2D eigenvalue weighted by molar-refractivity contribution is -0.639. The van der Waals surface area contributed by atoms with E-state index in [1.165, 1.54) is 4.68 Å². The maximum atomic E-state index is 8.52. The fourth-order valence-electron chi connectivity index (χ4n) is 0.833. The van der Waals surface area contributed by atoms with Crippen molar-refractivity contribution in [2.45, 2.75) is 6.42 Å². The Labute approximate surface area is 92.0 Å². The summed E-state index contributed by atoms with van der Waals surface area (Å²) in [5, 5.41) is 9.14. The molecule has 1 aromatic rings. The first kappa shape index (κ1) is 11.1. The summed E-state index contributed by atoms with van der Waals surface area (Å²) in [6, 6.07) is 3.29. The molecule has 0 aliphatic heterocycles. The van der Waals surface area contributed by atoms with E-state index in [-0.39, 0.29) is 11.8 Å². The summed E-state index contributed by atoms with van der Waals surface area (Å²) in [7, 11) is 0. The molecular weight excluding hydrogens is 223 g/mol. The van der Waals surface area contributed by atoms with Gasteiger partial charge in [0.05, 0.1) is 6.61 Å². The monoisotopic (exact) mass is 231 g/mol. The summed E-state index contributed by atoms with van der Waals surface area (Å²) >= 11 is 11.5. The molecule has 0 aromatic carbocycles. The topological polar surface area (TPSA) is 50.1 Å². The van der Waals surface area contributed by atoms with Gasteiger partial charge in [-0.2, -0.15) is 0 Å². The Bertz CT molecular complexity index is 396. The van der Waals surface area contributed by atoms with Gasteiger partial charge in [0, 0.05) is 18.4 Å². The third-order valence-corrected chi connectivity index (χ3v) is 2.30. The van der Waals surface area contributed by atoms with Crippen LogP contribution in [0, 0.1) is 11.8 Å². The number of halogens is 2. The molecule has 1 heterocycles. The maximum absolute atomic E-state index is 8.52. The molecule has 74 valence electrons. The Hall–Kier alpha value is -0.950. The summed E-state index contributed by atoms with van der Waals surface area (Å²) < 4.78 is 1.20. The van der Waals surface area contributed by atoms with Crippen LogP contribution in [0.3, 0.4) is 0 Å². The Morgan fingerprint density at radius 1 is 1.43 bits per heavy atom. The van der Waals surface area contributed by atoms with Crippen LogP contribution in [0.25, 0.3) is 0 Å². The Morgan fingerprint density at radius 3 is 2.79 bits per heavy atom. The van der Waals surface area contributed by atoms with Crippen LogP contribution in [-0.4, -0.2) is 11.7 Å². The van der Waals surface area contributed by atoms with Gasteiger partial charge in [-0.1, -0.05) is 22.2 Å². The van der Waals surface area contributed by atoms with Gasteiger partial charge in [-0.15, -0.1) is 0 Å². The lowest BCUT2D eigenvalue weighted by Gasteiger charge is -1.94. The van der Waals surface area contributed by atoms with E-state index in [1.54, 1.807) is 12.1 Å². The number of hydrogen-bond acceptors (Lipinski definition) is 2. The van der Waals surface area contributed by atoms with E-state index in [1.807, 2.05) is 0 Å². The molecule has 0 saturated carbocycles. The van der Waals surface area contributed by atoms with E-state index in [4.69, 9.17) is 34.2 Å². The van der Waals surface area contributed by atoms with E-state index in [2.05, 4.69) is 11.8 Å². The molecule has 3 nitrogen and oxygen atoms in total. The summed E-state index contributed by atoms with van der Waals surface area (Å²) in [5.74, 6) is 11.1. The molecule has 0 saturated heterocycles. The Kier molecular flexibility index (Phi) is 4.02. The van der Waals surface area contributed by atoms with Crippen LogP contribution in [0.1, 0.15) is 12.1 Å². The van der Waals surface area contributed by atoms with Crippen LogP contribution in [-0.2, 0) is 0 Å². The molecule has 1 aromatic heterocycles. The zero-order chi connectivity index (χ0) is 10.6. The average molecular weight is 232 g/mol. The van der Waals surface area contributed by atoms with Gasteiger partial charge in [0.25, 0.3) is 5.69 Å². The number of nitrogens with two attached hydrogens (primary N) is 1. The van der Waals surface area contributed by atoms with Gasteiger partial charge in [-0.05, 0) is 17.7 Å². The second-order valence-corrected chi connectivity index (χ2v) is 3.27. The van der Waals surface area contributed by atoms with Gasteiger partial charge in [0.15, 0.2) is 0 Å². The molecule has 0 unspecified atom stereocenters. The number of rotatable bonds is 1. The predicted molar refractivity (Wildman–Crippen MR) is 55.4 cm³/mol. The standard InChI is InChI=1S/C9H9Cl2N2O/c10-8-5-4-7(3-1-2-6-14)13(12)9(8)11/h4-5,14H,2,6,12H2/q+1. The van der Waals surface area contributed by atoms with Gasteiger partial charge >= 0.3 is 5.15 Å². The number of hydrogen-bond donors (Lipinski definition) is 2. The highest BCUT2D eigenvalue weighted by Crippen LogP contribution is 2.16. The number of aromatic nitrogens is 1. The van der Waals surface area contributed by atoms with E-state index >= 15 is 0 Å². The van der Waals surface area contributed by atoms with Crippen molar-refractivity contribution in [2.24, 2.45) is 0 Å². The maximum Gasteiger partial charge on any atom is 0.323 e. The Balaban J connectivity index is 3.02. The molecule has 0 atom stereocenters. The zero-order valence-corrected chi connectivity index (χ0v) is 8.81. The highest BCUT2D eigenvalue weighted by molar-refractivity contribution is 6.40. The lowest BCUT2D eigenvalue weighted by atomic mass is 10.3. The number of aliphatic hydroxyl groups excluding tert-OH is 1. The summed E-state index contributed by atoms with van der Waals surface area (Å²) in [6.45, 7) is 0.0267. The zero-order valence-electron chi connectivity index (χ0n) is 7.30. The van der Waals surface area contributed by atoms with Gasteiger partial charge in [-0.25, -0.2) is 5.84 Å². The van der Waals surface area contributed by atoms with Gasteiger partial charge in [0.1, 0.15) is 5.02 Å². The molecule has 3 N–H and O–H groups in total. The van der Waals surface area contributed by atoms with Crippen LogP contribution in [0.4, 0.5) is 0 Å². The molecule has 0 aliphatic carbocycles. The summed E-state index contributed by atoms with van der Waals surface area (Å²) in [4.78, 5) is 0. The molecule has 0 radical (unpaired) electrons. The molecule has 0 bridgehead atoms. The molecule has 0 amide bonds. The first-order valence-electron chi connectivity index (χ1n) is 3.91. The van der Waals surface area contributed by atoms with Crippen LogP contribution in [0.5, 0.6) is 0 Å². The van der Waals surface area contributed by atoms with Crippen molar-refractivity contribution in [1.29, 1.82) is 0 Å². The SMILES string of the molecule is N[n+]1c(C#CCCO)ccc(Cl)c1Cl. The first-order valence-corrected chi connectivity index (χ1v) is 4.67. The highest BCUT2D eigenvalue weighted by atomic mass is 35.5. The molecule has 14 heavy (non-hydrogen) atoms. The fraction of sp³-hybridized carbons (Fsp3) is 0.222. The molecule has 5 heteroatoms. The number of aliphatic hydroxyl groups is 1. The van der Waals surface area contributed by atoms with Crippen molar-refractivity contribution in [3.05, 3.63) is 28.0 Å².